The average molecular weight is 294 g/mol. The van der Waals surface area contributed by atoms with Gasteiger partial charge >= 0.3 is 0 Å². The van der Waals surface area contributed by atoms with Gasteiger partial charge in [-0.15, -0.1) is 0 Å². The van der Waals surface area contributed by atoms with Gasteiger partial charge in [0, 0.05) is 17.3 Å². The van der Waals surface area contributed by atoms with Crippen LogP contribution in [-0.4, -0.2) is 4.98 Å². The lowest BCUT2D eigenvalue weighted by Gasteiger charge is -2.12. The fraction of sp³-hybridized carbons (Fsp3) is 0.0556. The second kappa shape index (κ2) is 6.26. The molecular formula is C18H15FN2O. The fourth-order valence-corrected chi connectivity index (χ4v) is 2.16. The number of para-hydroxylation sites is 1. The van der Waals surface area contributed by atoms with E-state index in [2.05, 4.69) is 4.98 Å². The van der Waals surface area contributed by atoms with Crippen LogP contribution >= 0.6 is 0 Å². The zero-order chi connectivity index (χ0) is 15.4. The van der Waals surface area contributed by atoms with Gasteiger partial charge in [-0.05, 0) is 17.7 Å². The highest BCUT2D eigenvalue weighted by Gasteiger charge is 2.09. The van der Waals surface area contributed by atoms with Crippen molar-refractivity contribution < 1.29 is 9.13 Å². The molecular weight excluding hydrogens is 279 g/mol. The quantitative estimate of drug-likeness (QED) is 0.789. The third-order valence-electron chi connectivity index (χ3n) is 3.30. The van der Waals surface area contributed by atoms with E-state index >= 15 is 0 Å². The predicted octanol–water partition coefficient (Wildman–Crippen LogP) is 4.05. The Kier molecular flexibility index (Phi) is 4.01. The van der Waals surface area contributed by atoms with Crippen molar-refractivity contribution in [2.24, 2.45) is 0 Å². The number of anilines is 1. The maximum Gasteiger partial charge on any atom is 0.165 e. The lowest BCUT2D eigenvalue weighted by Crippen LogP contribution is -1.98. The van der Waals surface area contributed by atoms with E-state index in [9.17, 15) is 4.39 Å². The zero-order valence-corrected chi connectivity index (χ0v) is 11.9. The van der Waals surface area contributed by atoms with Crippen LogP contribution in [0.25, 0.3) is 11.1 Å². The summed E-state index contributed by atoms with van der Waals surface area (Å²) in [6.45, 7) is 0.447. The van der Waals surface area contributed by atoms with E-state index in [0.29, 0.717) is 17.9 Å². The van der Waals surface area contributed by atoms with Crippen molar-refractivity contribution in [3.63, 3.8) is 0 Å². The van der Waals surface area contributed by atoms with Crippen LogP contribution in [0, 0.1) is 5.82 Å². The topological polar surface area (TPSA) is 48.1 Å². The molecule has 3 rings (SSSR count). The van der Waals surface area contributed by atoms with Crippen LogP contribution in [0.15, 0.2) is 66.9 Å². The number of nitrogen functional groups attached to an aromatic ring is 1. The van der Waals surface area contributed by atoms with Crippen molar-refractivity contribution in [2.45, 2.75) is 6.61 Å². The molecule has 2 aromatic carbocycles. The Morgan fingerprint density at radius 2 is 1.73 bits per heavy atom. The fourth-order valence-electron chi connectivity index (χ4n) is 2.16. The van der Waals surface area contributed by atoms with E-state index < -0.39 is 5.82 Å². The van der Waals surface area contributed by atoms with Crippen LogP contribution < -0.4 is 10.5 Å². The summed E-state index contributed by atoms with van der Waals surface area (Å²) < 4.78 is 19.5. The molecule has 0 aliphatic rings. The molecule has 0 aliphatic carbocycles. The normalized spacial score (nSPS) is 10.4. The van der Waals surface area contributed by atoms with E-state index in [1.807, 2.05) is 54.6 Å². The van der Waals surface area contributed by atoms with E-state index in [1.54, 1.807) is 6.20 Å². The summed E-state index contributed by atoms with van der Waals surface area (Å²) in [6.07, 6.45) is 1.54. The van der Waals surface area contributed by atoms with Crippen LogP contribution in [0.2, 0.25) is 0 Å². The number of benzene rings is 2. The molecule has 0 saturated heterocycles. The second-order valence-corrected chi connectivity index (χ2v) is 4.86. The Hall–Kier alpha value is -2.88. The maximum absolute atomic E-state index is 13.6. The zero-order valence-electron chi connectivity index (χ0n) is 11.9. The molecule has 0 aliphatic heterocycles. The smallest absolute Gasteiger partial charge is 0.165 e. The number of halogens is 1. The van der Waals surface area contributed by atoms with Crippen molar-refractivity contribution in [2.75, 3.05) is 5.73 Å². The molecule has 3 aromatic rings. The van der Waals surface area contributed by atoms with Gasteiger partial charge in [-0.1, -0.05) is 48.5 Å². The summed E-state index contributed by atoms with van der Waals surface area (Å²) in [5.41, 5.74) is 7.91. The number of aromatic nitrogens is 1. The summed E-state index contributed by atoms with van der Waals surface area (Å²) in [4.78, 5) is 3.86. The Morgan fingerprint density at radius 1 is 1.00 bits per heavy atom. The van der Waals surface area contributed by atoms with Gasteiger partial charge in [0.2, 0.25) is 0 Å². The number of ether oxygens (including phenoxy) is 1. The van der Waals surface area contributed by atoms with Gasteiger partial charge in [-0.2, -0.15) is 0 Å². The highest BCUT2D eigenvalue weighted by molar-refractivity contribution is 5.70. The van der Waals surface area contributed by atoms with Gasteiger partial charge in [0.15, 0.2) is 11.6 Å². The number of nitrogens with two attached hydrogens (primary N) is 1. The van der Waals surface area contributed by atoms with Gasteiger partial charge in [-0.25, -0.2) is 9.37 Å². The number of rotatable bonds is 4. The molecule has 3 nitrogen and oxygen atoms in total. The van der Waals surface area contributed by atoms with E-state index in [-0.39, 0.29) is 5.82 Å². The first-order valence-corrected chi connectivity index (χ1v) is 6.91. The minimum absolute atomic E-state index is 0.105. The summed E-state index contributed by atoms with van der Waals surface area (Å²) in [5, 5.41) is 0. The van der Waals surface area contributed by atoms with E-state index in [1.165, 1.54) is 6.07 Å². The molecule has 2 N–H and O–H groups in total. The molecule has 1 heterocycles. The van der Waals surface area contributed by atoms with Crippen LogP contribution in [0.1, 0.15) is 5.56 Å². The van der Waals surface area contributed by atoms with Crippen molar-refractivity contribution in [3.05, 3.63) is 78.2 Å². The SMILES string of the molecule is Nc1ncc(-c2ccccc2OCc2ccccc2)cc1F. The average Bonchev–Trinajstić information content (AvgIpc) is 2.57. The van der Waals surface area contributed by atoms with Gasteiger partial charge in [-0.3, -0.25) is 0 Å². The van der Waals surface area contributed by atoms with E-state index in [4.69, 9.17) is 10.5 Å². The lowest BCUT2D eigenvalue weighted by molar-refractivity contribution is 0.307. The molecule has 110 valence electrons. The highest BCUT2D eigenvalue weighted by Crippen LogP contribution is 2.31. The van der Waals surface area contributed by atoms with Gasteiger partial charge < -0.3 is 10.5 Å². The largest absolute Gasteiger partial charge is 0.488 e. The standard InChI is InChI=1S/C18H15FN2O/c19-16-10-14(11-21-18(16)20)15-8-4-5-9-17(15)22-12-13-6-2-1-3-7-13/h1-11H,12H2,(H2,20,21). The molecule has 0 saturated carbocycles. The molecule has 0 atom stereocenters. The molecule has 4 heteroatoms. The van der Waals surface area contributed by atoms with Crippen LogP contribution in [0.5, 0.6) is 5.75 Å². The maximum atomic E-state index is 13.6. The molecule has 0 radical (unpaired) electrons. The molecule has 1 aromatic heterocycles. The minimum atomic E-state index is -0.532. The summed E-state index contributed by atoms with van der Waals surface area (Å²) >= 11 is 0. The third-order valence-corrected chi connectivity index (χ3v) is 3.30. The minimum Gasteiger partial charge on any atom is -0.488 e. The number of hydrogen-bond donors (Lipinski definition) is 1. The number of pyridine rings is 1. The molecule has 22 heavy (non-hydrogen) atoms. The summed E-state index contributed by atoms with van der Waals surface area (Å²) in [6, 6.07) is 18.7. The van der Waals surface area contributed by atoms with E-state index in [0.717, 1.165) is 11.1 Å². The Bertz CT molecular complexity index is 775. The van der Waals surface area contributed by atoms with Gasteiger partial charge in [0.05, 0.1) is 0 Å². The van der Waals surface area contributed by atoms with Gasteiger partial charge in [0.25, 0.3) is 0 Å². The molecule has 0 fully saturated rings. The second-order valence-electron chi connectivity index (χ2n) is 4.86. The van der Waals surface area contributed by atoms with Crippen molar-refractivity contribution in [1.29, 1.82) is 0 Å². The molecule has 0 amide bonds. The van der Waals surface area contributed by atoms with Gasteiger partial charge in [0.1, 0.15) is 12.4 Å². The molecule has 0 bridgehead atoms. The summed E-state index contributed by atoms with van der Waals surface area (Å²) in [7, 11) is 0. The Labute approximate surface area is 128 Å². The van der Waals surface area contributed by atoms with Crippen LogP contribution in [0.4, 0.5) is 10.2 Å². The lowest BCUT2D eigenvalue weighted by atomic mass is 10.1. The third kappa shape index (κ3) is 3.06. The monoisotopic (exact) mass is 294 g/mol. The molecule has 0 unspecified atom stereocenters. The number of nitrogens with zero attached hydrogens (tertiary/aromatic N) is 1. The Morgan fingerprint density at radius 3 is 2.50 bits per heavy atom. The predicted molar refractivity (Wildman–Crippen MR) is 84.8 cm³/mol. The first kappa shape index (κ1) is 14.1. The first-order valence-electron chi connectivity index (χ1n) is 6.91. The van der Waals surface area contributed by atoms with Crippen molar-refractivity contribution in [1.82, 2.24) is 4.98 Å². The van der Waals surface area contributed by atoms with Crippen LogP contribution in [0.3, 0.4) is 0 Å². The highest BCUT2D eigenvalue weighted by atomic mass is 19.1. The number of hydrogen-bond acceptors (Lipinski definition) is 3. The van der Waals surface area contributed by atoms with Crippen LogP contribution in [-0.2, 0) is 6.61 Å². The first-order chi connectivity index (χ1) is 10.7. The van der Waals surface area contributed by atoms with Crippen molar-refractivity contribution >= 4 is 5.82 Å². The summed E-state index contributed by atoms with van der Waals surface area (Å²) in [5.74, 6) is 0.0409. The Balaban J connectivity index is 1.88. The van der Waals surface area contributed by atoms with Crippen molar-refractivity contribution in [3.8, 4) is 16.9 Å². The molecule has 0 spiro atoms.